The van der Waals surface area contributed by atoms with E-state index < -0.39 is 36.4 Å². The second-order valence-electron chi connectivity index (χ2n) is 10.8. The van der Waals surface area contributed by atoms with E-state index in [2.05, 4.69) is 23.6 Å². The lowest BCUT2D eigenvalue weighted by Gasteiger charge is -2.32. The normalized spacial score (nSPS) is 15.1. The second-order valence-corrected chi connectivity index (χ2v) is 10.8. The number of aliphatic carboxylic acids is 3. The summed E-state index contributed by atoms with van der Waals surface area (Å²) in [7, 11) is 0. The molecule has 2 aliphatic heterocycles. The number of benzene rings is 1. The van der Waals surface area contributed by atoms with Crippen LogP contribution in [-0.2, 0) is 33.9 Å². The first kappa shape index (κ1) is 32.5. The van der Waals surface area contributed by atoms with Crippen LogP contribution < -0.4 is 9.64 Å². The van der Waals surface area contributed by atoms with E-state index in [-0.39, 0.29) is 5.75 Å². The van der Waals surface area contributed by atoms with E-state index in [1.165, 1.54) is 18.4 Å². The molecule has 0 bridgehead atoms. The average Bonchev–Trinajstić information content (AvgIpc) is 3.44. The number of phenols is 1. The highest BCUT2D eigenvalue weighted by atomic mass is 16.5. The summed E-state index contributed by atoms with van der Waals surface area (Å²) < 4.78 is 5.54. The van der Waals surface area contributed by atoms with Crippen LogP contribution >= 0.6 is 0 Å². The van der Waals surface area contributed by atoms with Crippen molar-refractivity contribution in [3.8, 4) is 11.5 Å². The number of para-hydroxylation sites is 1. The van der Waals surface area contributed by atoms with Gasteiger partial charge >= 0.3 is 17.9 Å². The molecule has 1 aromatic heterocycles. The minimum Gasteiger partial charge on any atom is -0.504 e. The van der Waals surface area contributed by atoms with Crippen LogP contribution in [0.5, 0.6) is 11.5 Å². The maximum Gasteiger partial charge on any atom is 0.336 e. The van der Waals surface area contributed by atoms with Gasteiger partial charge in [-0.3, -0.25) is 14.5 Å². The van der Waals surface area contributed by atoms with Crippen molar-refractivity contribution in [2.45, 2.75) is 77.5 Å². The molecule has 230 valence electrons. The van der Waals surface area contributed by atoms with Gasteiger partial charge in [0.05, 0.1) is 25.1 Å². The van der Waals surface area contributed by atoms with Gasteiger partial charge in [0.1, 0.15) is 11.6 Å². The van der Waals surface area contributed by atoms with Gasteiger partial charge in [-0.05, 0) is 32.3 Å². The Kier molecular flexibility index (Phi) is 11.1. The van der Waals surface area contributed by atoms with Crippen molar-refractivity contribution in [1.29, 1.82) is 0 Å². The Hall–Kier alpha value is -3.97. The summed E-state index contributed by atoms with van der Waals surface area (Å²) in [5, 5.41) is 44.4. The summed E-state index contributed by atoms with van der Waals surface area (Å²) in [5.74, 6) is -1.80. The molecule has 13 heteroatoms. The Morgan fingerprint density at radius 2 is 1.67 bits per heavy atom. The molecule has 0 atom stereocenters. The molecule has 1 fully saturated rings. The summed E-state index contributed by atoms with van der Waals surface area (Å²) in [4.78, 5) is 45.2. The lowest BCUT2D eigenvalue weighted by Crippen LogP contribution is -2.42. The number of phenolic OH excluding ortho intramolecular Hbond substituents is 1. The number of aromatic hydroxyl groups is 1. The van der Waals surface area contributed by atoms with Gasteiger partial charge in [0.25, 0.3) is 0 Å². The van der Waals surface area contributed by atoms with Gasteiger partial charge in [0.2, 0.25) is 0 Å². The first-order valence-electron chi connectivity index (χ1n) is 14.0. The van der Waals surface area contributed by atoms with Crippen LogP contribution in [0.25, 0.3) is 0 Å². The van der Waals surface area contributed by atoms with Gasteiger partial charge in [-0.25, -0.2) is 14.8 Å². The number of aromatic nitrogens is 2. The number of carbonyl (C=O) groups is 3. The first-order valence-corrected chi connectivity index (χ1v) is 14.0. The quantitative estimate of drug-likeness (QED) is 0.257. The predicted molar refractivity (Wildman–Crippen MR) is 152 cm³/mol. The molecule has 13 nitrogen and oxygen atoms in total. The Balaban J connectivity index is 0.000000316. The molecule has 1 aromatic carbocycles. The number of hydrogen-bond donors (Lipinski definition) is 5. The minimum atomic E-state index is -2.74. The van der Waals surface area contributed by atoms with Crippen molar-refractivity contribution in [2.24, 2.45) is 0 Å². The van der Waals surface area contributed by atoms with Crippen LogP contribution in [-0.4, -0.2) is 90.2 Å². The van der Waals surface area contributed by atoms with Crippen molar-refractivity contribution in [3.05, 3.63) is 40.8 Å². The molecule has 2 aromatic rings. The van der Waals surface area contributed by atoms with Gasteiger partial charge in [0.15, 0.2) is 17.1 Å². The second kappa shape index (κ2) is 14.3. The fourth-order valence-electron chi connectivity index (χ4n) is 4.99. The highest BCUT2D eigenvalue weighted by molar-refractivity contribution is 5.88. The van der Waals surface area contributed by atoms with Crippen LogP contribution in [0.1, 0.15) is 75.0 Å². The number of rotatable bonds is 11. The van der Waals surface area contributed by atoms with Crippen molar-refractivity contribution in [1.82, 2.24) is 14.9 Å². The number of ether oxygens (including phenoxy) is 1. The molecular weight excluding hydrogens is 548 g/mol. The maximum absolute atomic E-state index is 10.6. The standard InChI is InChI=1S/C23H32N4O2.C6H8O7/c1-4-29-20-9-7-8-17(21(20)28)14-26-13-10-18-19(15-26)24-22(16(2)3)25-23(18)27-11-5-6-12-27;7-3(8)1-6(13,5(11)12)2-4(9)10/h7-9,16,28H,4-6,10-15H2,1-3H3;13H,1-2H2,(H,7,8)(H,9,10)(H,11,12). The molecule has 0 spiro atoms. The molecule has 0 unspecified atom stereocenters. The maximum atomic E-state index is 10.6. The summed E-state index contributed by atoms with van der Waals surface area (Å²) in [5.41, 5.74) is 0.631. The van der Waals surface area contributed by atoms with E-state index in [4.69, 9.17) is 35.1 Å². The molecule has 0 saturated carbocycles. The van der Waals surface area contributed by atoms with Gasteiger partial charge < -0.3 is 35.2 Å². The first-order chi connectivity index (χ1) is 19.8. The highest BCUT2D eigenvalue weighted by Gasteiger charge is 2.40. The number of nitrogens with zero attached hydrogens (tertiary/aromatic N) is 4. The molecule has 42 heavy (non-hydrogen) atoms. The van der Waals surface area contributed by atoms with Gasteiger partial charge in [0, 0.05) is 49.8 Å². The number of hydrogen-bond acceptors (Lipinski definition) is 10. The Labute approximate surface area is 244 Å². The topological polar surface area (TPSA) is 194 Å². The molecule has 0 amide bonds. The largest absolute Gasteiger partial charge is 0.504 e. The Morgan fingerprint density at radius 3 is 2.21 bits per heavy atom. The van der Waals surface area contributed by atoms with E-state index in [9.17, 15) is 19.5 Å². The fourth-order valence-corrected chi connectivity index (χ4v) is 4.99. The predicted octanol–water partition coefficient (Wildman–Crippen LogP) is 2.61. The lowest BCUT2D eigenvalue weighted by molar-refractivity contribution is -0.170. The van der Waals surface area contributed by atoms with E-state index in [0.717, 1.165) is 55.5 Å². The molecule has 3 heterocycles. The van der Waals surface area contributed by atoms with Gasteiger partial charge in [-0.1, -0.05) is 26.0 Å². The zero-order valence-corrected chi connectivity index (χ0v) is 24.2. The minimum absolute atomic E-state index is 0.253. The summed E-state index contributed by atoms with van der Waals surface area (Å²) in [6.45, 7) is 11.4. The molecule has 1 saturated heterocycles. The molecule has 0 radical (unpaired) electrons. The fraction of sp³-hybridized carbons (Fsp3) is 0.552. The third-order valence-electron chi connectivity index (χ3n) is 7.12. The molecular formula is C29H40N4O9. The van der Waals surface area contributed by atoms with E-state index >= 15 is 0 Å². The summed E-state index contributed by atoms with van der Waals surface area (Å²) in [6, 6.07) is 5.74. The smallest absolute Gasteiger partial charge is 0.336 e. The molecule has 5 N–H and O–H groups in total. The van der Waals surface area contributed by atoms with Crippen LogP contribution in [0.15, 0.2) is 18.2 Å². The van der Waals surface area contributed by atoms with Crippen molar-refractivity contribution in [3.63, 3.8) is 0 Å². The van der Waals surface area contributed by atoms with Gasteiger partial charge in [-0.15, -0.1) is 0 Å². The number of anilines is 1. The van der Waals surface area contributed by atoms with Crippen molar-refractivity contribution >= 4 is 23.7 Å². The highest BCUT2D eigenvalue weighted by Crippen LogP contribution is 2.34. The summed E-state index contributed by atoms with van der Waals surface area (Å²) >= 11 is 0. The number of aliphatic hydroxyl groups is 1. The molecule has 0 aliphatic carbocycles. The number of carboxylic acid groups (broad SMARTS) is 3. The lowest BCUT2D eigenvalue weighted by atomic mass is 9.96. The van der Waals surface area contributed by atoms with Crippen molar-refractivity contribution < 1.29 is 44.7 Å². The molecule has 2 aliphatic rings. The zero-order chi connectivity index (χ0) is 31.0. The average molecular weight is 589 g/mol. The third kappa shape index (κ3) is 8.29. The molecule has 4 rings (SSSR count). The van der Waals surface area contributed by atoms with Crippen LogP contribution in [0, 0.1) is 0 Å². The Bertz CT molecular complexity index is 1260. The van der Waals surface area contributed by atoms with Crippen LogP contribution in [0.3, 0.4) is 0 Å². The number of carboxylic acids is 3. The third-order valence-corrected chi connectivity index (χ3v) is 7.12. The monoisotopic (exact) mass is 588 g/mol. The SMILES string of the molecule is CCOc1cccc(CN2CCc3c(nc(C(C)C)nc3N3CCCC3)C2)c1O.O=C(O)CC(O)(CC(=O)O)C(=O)O. The Morgan fingerprint density at radius 1 is 1.02 bits per heavy atom. The van der Waals surface area contributed by atoms with Crippen LogP contribution in [0.2, 0.25) is 0 Å². The summed E-state index contributed by atoms with van der Waals surface area (Å²) in [6.07, 6.45) is 1.16. The zero-order valence-electron chi connectivity index (χ0n) is 24.2. The number of fused-ring (bicyclic) bond motifs is 1. The van der Waals surface area contributed by atoms with E-state index in [1.807, 2.05) is 25.1 Å². The van der Waals surface area contributed by atoms with E-state index in [0.29, 0.717) is 24.8 Å². The van der Waals surface area contributed by atoms with Crippen LogP contribution in [0.4, 0.5) is 5.82 Å². The van der Waals surface area contributed by atoms with E-state index in [1.54, 1.807) is 0 Å². The van der Waals surface area contributed by atoms with Gasteiger partial charge in [-0.2, -0.15) is 0 Å². The van der Waals surface area contributed by atoms with Crippen molar-refractivity contribution in [2.75, 3.05) is 31.1 Å².